The fourth-order valence-corrected chi connectivity index (χ4v) is 3.78. The van der Waals surface area contributed by atoms with E-state index in [0.29, 0.717) is 10.6 Å². The Hall–Kier alpha value is -3.00. The Balaban J connectivity index is 1.77. The van der Waals surface area contributed by atoms with Crippen LogP contribution in [0.4, 0.5) is 10.1 Å². The number of carbonyl (C=O) groups excluding carboxylic acids is 1. The number of nitrogens with one attached hydrogen (secondary N) is 1. The van der Waals surface area contributed by atoms with Gasteiger partial charge in [0, 0.05) is 18.6 Å². The molecule has 8 heteroatoms. The lowest BCUT2D eigenvalue weighted by Crippen LogP contribution is -2.24. The van der Waals surface area contributed by atoms with Crippen LogP contribution in [0.15, 0.2) is 42.7 Å². The predicted molar refractivity (Wildman–Crippen MR) is 95.0 cm³/mol. The molecule has 0 aliphatic rings. The summed E-state index contributed by atoms with van der Waals surface area (Å²) < 4.78 is 14.9. The van der Waals surface area contributed by atoms with Gasteiger partial charge in [-0.15, -0.1) is 11.3 Å². The number of aryl methyl sites for hydroxylation is 1. The fourth-order valence-electron chi connectivity index (χ4n) is 2.62. The Bertz CT molecular complexity index is 1050. The number of benzene rings is 1. The lowest BCUT2D eigenvalue weighted by molar-refractivity contribution is 0.0997. The highest BCUT2D eigenvalue weighted by Gasteiger charge is 2.20. The zero-order chi connectivity index (χ0) is 17.6. The summed E-state index contributed by atoms with van der Waals surface area (Å²) in [5.74, 6) is -0.416. The average Bonchev–Trinajstić information content (AvgIpc) is 3.33. The minimum atomic E-state index is -0.298. The molecule has 0 atom stereocenters. The first-order valence-corrected chi connectivity index (χ1v) is 8.38. The molecule has 0 bridgehead atoms. The number of hydrogen-bond acceptors (Lipinski definition) is 4. The number of anilines is 1. The quantitative estimate of drug-likeness (QED) is 0.611. The van der Waals surface area contributed by atoms with Crippen molar-refractivity contribution < 1.29 is 9.18 Å². The molecule has 0 unspecified atom stereocenters. The summed E-state index contributed by atoms with van der Waals surface area (Å²) in [6.45, 7) is 1.89. The normalized spacial score (nSPS) is 11.2. The molecule has 4 rings (SSSR count). The van der Waals surface area contributed by atoms with Gasteiger partial charge in [-0.25, -0.2) is 9.07 Å². The Morgan fingerprint density at radius 1 is 1.32 bits per heavy atom. The lowest BCUT2D eigenvalue weighted by atomic mass is 10.3. The SMILES string of the molecule is Cc1nn(-c2ccc(F)cc2)c2sc(C(=O)N(C)c3cn[nH]c3)cc12. The van der Waals surface area contributed by atoms with Gasteiger partial charge in [-0.3, -0.25) is 9.89 Å². The summed E-state index contributed by atoms with van der Waals surface area (Å²) in [6.07, 6.45) is 3.26. The van der Waals surface area contributed by atoms with Gasteiger partial charge in [-0.2, -0.15) is 10.2 Å². The summed E-state index contributed by atoms with van der Waals surface area (Å²) in [5, 5.41) is 12.0. The molecule has 25 heavy (non-hydrogen) atoms. The number of carbonyl (C=O) groups is 1. The third-order valence-corrected chi connectivity index (χ3v) is 5.10. The van der Waals surface area contributed by atoms with E-state index in [1.165, 1.54) is 23.5 Å². The number of nitrogens with zero attached hydrogens (tertiary/aromatic N) is 4. The van der Waals surface area contributed by atoms with E-state index < -0.39 is 0 Å². The van der Waals surface area contributed by atoms with Crippen molar-refractivity contribution in [3.63, 3.8) is 0 Å². The average molecular weight is 355 g/mol. The smallest absolute Gasteiger partial charge is 0.268 e. The van der Waals surface area contributed by atoms with Crippen molar-refractivity contribution in [2.75, 3.05) is 11.9 Å². The van der Waals surface area contributed by atoms with E-state index in [0.717, 1.165) is 21.6 Å². The summed E-state index contributed by atoms with van der Waals surface area (Å²) in [6, 6.07) is 7.97. The number of aromatic amines is 1. The van der Waals surface area contributed by atoms with Crippen LogP contribution in [0.2, 0.25) is 0 Å². The summed E-state index contributed by atoms with van der Waals surface area (Å²) in [5.41, 5.74) is 2.27. The van der Waals surface area contributed by atoms with Crippen LogP contribution in [0.25, 0.3) is 15.9 Å². The number of thiophene rings is 1. The van der Waals surface area contributed by atoms with Gasteiger partial charge in [0.1, 0.15) is 10.6 Å². The highest BCUT2D eigenvalue weighted by Crippen LogP contribution is 2.31. The molecule has 1 N–H and O–H groups in total. The van der Waals surface area contributed by atoms with E-state index in [9.17, 15) is 9.18 Å². The highest BCUT2D eigenvalue weighted by atomic mass is 32.1. The van der Waals surface area contributed by atoms with Crippen LogP contribution >= 0.6 is 11.3 Å². The molecule has 0 spiro atoms. The number of hydrogen-bond donors (Lipinski definition) is 1. The molecule has 4 aromatic rings. The summed E-state index contributed by atoms with van der Waals surface area (Å²) >= 11 is 1.36. The molecule has 0 radical (unpaired) electrons. The Morgan fingerprint density at radius 3 is 2.76 bits per heavy atom. The van der Waals surface area contributed by atoms with Crippen LogP contribution in [-0.4, -0.2) is 32.9 Å². The first-order valence-electron chi connectivity index (χ1n) is 7.56. The Kier molecular flexibility index (Phi) is 3.61. The van der Waals surface area contributed by atoms with Gasteiger partial charge in [0.15, 0.2) is 0 Å². The molecule has 0 aliphatic heterocycles. The topological polar surface area (TPSA) is 66.8 Å². The van der Waals surface area contributed by atoms with E-state index in [1.54, 1.807) is 41.2 Å². The van der Waals surface area contributed by atoms with Crippen LogP contribution in [0.5, 0.6) is 0 Å². The van der Waals surface area contributed by atoms with Gasteiger partial charge in [-0.05, 0) is 37.3 Å². The predicted octanol–water partition coefficient (Wildman–Crippen LogP) is 3.53. The minimum absolute atomic E-state index is 0.118. The van der Waals surface area contributed by atoms with Crippen LogP contribution < -0.4 is 4.90 Å². The van der Waals surface area contributed by atoms with Crippen LogP contribution in [0.1, 0.15) is 15.4 Å². The molecule has 126 valence electrons. The van der Waals surface area contributed by atoms with E-state index in [2.05, 4.69) is 15.3 Å². The van der Waals surface area contributed by atoms with Gasteiger partial charge in [-0.1, -0.05) is 0 Å². The first-order chi connectivity index (χ1) is 12.0. The number of H-pyrrole nitrogens is 1. The van der Waals surface area contributed by atoms with Crippen molar-refractivity contribution in [2.45, 2.75) is 6.92 Å². The molecule has 0 saturated carbocycles. The zero-order valence-corrected chi connectivity index (χ0v) is 14.3. The van der Waals surface area contributed by atoms with Crippen molar-refractivity contribution in [3.05, 3.63) is 59.1 Å². The molecule has 3 heterocycles. The van der Waals surface area contributed by atoms with Crippen LogP contribution in [0, 0.1) is 12.7 Å². The molecule has 1 aromatic carbocycles. The van der Waals surface area contributed by atoms with Crippen molar-refractivity contribution in [3.8, 4) is 5.69 Å². The first kappa shape index (κ1) is 15.5. The summed E-state index contributed by atoms with van der Waals surface area (Å²) in [4.78, 5) is 15.7. The van der Waals surface area contributed by atoms with Crippen LogP contribution in [-0.2, 0) is 0 Å². The maximum absolute atomic E-state index is 13.2. The fraction of sp³-hybridized carbons (Fsp3) is 0.118. The minimum Gasteiger partial charge on any atom is -0.308 e. The monoisotopic (exact) mass is 355 g/mol. The van der Waals surface area contributed by atoms with Gasteiger partial charge < -0.3 is 4.90 Å². The number of fused-ring (bicyclic) bond motifs is 1. The number of amides is 1. The molecule has 6 nitrogen and oxygen atoms in total. The number of halogens is 1. The van der Waals surface area contributed by atoms with E-state index in [1.807, 2.05) is 13.0 Å². The molecule has 1 amide bonds. The second-order valence-electron chi connectivity index (χ2n) is 5.62. The highest BCUT2D eigenvalue weighted by molar-refractivity contribution is 7.20. The molecular weight excluding hydrogens is 341 g/mol. The summed E-state index contributed by atoms with van der Waals surface area (Å²) in [7, 11) is 1.71. The third-order valence-electron chi connectivity index (χ3n) is 4.00. The molecular formula is C17H14FN5OS. The Labute approximate surface area is 146 Å². The van der Waals surface area contributed by atoms with E-state index in [-0.39, 0.29) is 11.7 Å². The zero-order valence-electron chi connectivity index (χ0n) is 13.5. The second-order valence-corrected chi connectivity index (χ2v) is 6.65. The Morgan fingerprint density at radius 2 is 2.08 bits per heavy atom. The van der Waals surface area contributed by atoms with Crippen molar-refractivity contribution >= 4 is 33.1 Å². The number of rotatable bonds is 3. The lowest BCUT2D eigenvalue weighted by Gasteiger charge is -2.13. The largest absolute Gasteiger partial charge is 0.308 e. The van der Waals surface area contributed by atoms with Gasteiger partial charge in [0.2, 0.25) is 0 Å². The third kappa shape index (κ3) is 2.60. The number of aromatic nitrogens is 4. The van der Waals surface area contributed by atoms with Gasteiger partial charge in [0.25, 0.3) is 5.91 Å². The van der Waals surface area contributed by atoms with Gasteiger partial charge >= 0.3 is 0 Å². The molecule has 0 fully saturated rings. The molecule has 3 aromatic heterocycles. The van der Waals surface area contributed by atoms with Crippen molar-refractivity contribution in [2.24, 2.45) is 0 Å². The molecule has 0 aliphatic carbocycles. The maximum atomic E-state index is 13.2. The maximum Gasteiger partial charge on any atom is 0.268 e. The second kappa shape index (κ2) is 5.82. The van der Waals surface area contributed by atoms with Crippen molar-refractivity contribution in [1.82, 2.24) is 20.0 Å². The van der Waals surface area contributed by atoms with E-state index in [4.69, 9.17) is 0 Å². The van der Waals surface area contributed by atoms with Crippen LogP contribution in [0.3, 0.4) is 0 Å². The standard InChI is InChI=1S/C17H14FN5OS/c1-10-14-7-15(16(24)22(2)13-8-19-20-9-13)25-17(14)23(21-10)12-5-3-11(18)4-6-12/h3-9H,1-2H3,(H,19,20). The van der Waals surface area contributed by atoms with Gasteiger partial charge in [0.05, 0.1) is 28.1 Å². The van der Waals surface area contributed by atoms with E-state index >= 15 is 0 Å². The van der Waals surface area contributed by atoms with Crippen molar-refractivity contribution in [1.29, 1.82) is 0 Å². The molecule has 0 saturated heterocycles.